The predicted molar refractivity (Wildman–Crippen MR) is 98.5 cm³/mol. The highest BCUT2D eigenvalue weighted by Crippen LogP contribution is 2.41. The van der Waals surface area contributed by atoms with Crippen LogP contribution in [0.5, 0.6) is 0 Å². The molecule has 0 saturated heterocycles. The van der Waals surface area contributed by atoms with E-state index in [1.165, 1.54) is 18.5 Å². The minimum atomic E-state index is -0.0947. The molecule has 0 aromatic carbocycles. The van der Waals surface area contributed by atoms with Crippen LogP contribution >= 0.6 is 0 Å². The summed E-state index contributed by atoms with van der Waals surface area (Å²) in [4.78, 5) is 14.9. The number of carbonyl (C=O) groups excluding carboxylic acids is 1. The summed E-state index contributed by atoms with van der Waals surface area (Å²) in [5.74, 6) is 0.517. The highest BCUT2D eigenvalue weighted by Gasteiger charge is 2.32. The molecule has 1 aromatic rings. The van der Waals surface area contributed by atoms with Crippen molar-refractivity contribution in [2.75, 3.05) is 13.1 Å². The minimum Gasteiger partial charge on any atom is -0.349 e. The number of amides is 1. The molecule has 0 unspecified atom stereocenters. The average Bonchev–Trinajstić information content (AvgIpc) is 3.19. The molecular formula is C19H34N4O. The van der Waals surface area contributed by atoms with E-state index in [9.17, 15) is 4.79 Å². The second-order valence-corrected chi connectivity index (χ2v) is 8.49. The average molecular weight is 335 g/mol. The number of aromatic nitrogens is 2. The van der Waals surface area contributed by atoms with E-state index in [0.29, 0.717) is 30.2 Å². The molecule has 1 N–H and O–H groups in total. The van der Waals surface area contributed by atoms with Crippen molar-refractivity contribution in [3.8, 4) is 0 Å². The van der Waals surface area contributed by atoms with E-state index in [1.807, 2.05) is 10.7 Å². The van der Waals surface area contributed by atoms with Gasteiger partial charge >= 0.3 is 0 Å². The third-order valence-electron chi connectivity index (χ3n) is 4.58. The third-order valence-corrected chi connectivity index (χ3v) is 4.58. The number of nitrogens with zero attached hydrogens (tertiary/aromatic N) is 3. The Kier molecular flexibility index (Phi) is 5.74. The summed E-state index contributed by atoms with van der Waals surface area (Å²) in [5.41, 5.74) is 1.66. The molecule has 5 nitrogen and oxygen atoms in total. The van der Waals surface area contributed by atoms with Crippen molar-refractivity contribution in [3.05, 3.63) is 17.5 Å². The highest BCUT2D eigenvalue weighted by atomic mass is 16.1. The minimum absolute atomic E-state index is 0.0626. The maximum absolute atomic E-state index is 12.5. The first-order valence-corrected chi connectivity index (χ1v) is 9.25. The van der Waals surface area contributed by atoms with Crippen LogP contribution in [0.3, 0.4) is 0 Å². The van der Waals surface area contributed by atoms with E-state index < -0.39 is 0 Å². The summed E-state index contributed by atoms with van der Waals surface area (Å²) in [6.07, 6.45) is 2.42. The first-order chi connectivity index (χ1) is 11.1. The number of nitrogens with one attached hydrogen (secondary N) is 1. The van der Waals surface area contributed by atoms with E-state index in [0.717, 1.165) is 6.54 Å². The van der Waals surface area contributed by atoms with Crippen molar-refractivity contribution < 1.29 is 4.79 Å². The largest absolute Gasteiger partial charge is 0.349 e. The molecule has 1 aliphatic rings. The molecule has 1 aliphatic carbocycles. The summed E-state index contributed by atoms with van der Waals surface area (Å²) in [7, 11) is 0. The molecule has 136 valence electrons. The molecule has 1 amide bonds. The van der Waals surface area contributed by atoms with Crippen LogP contribution < -0.4 is 5.32 Å². The SMILES string of the molecule is CC(C)N(CCNC(=O)c1cc(C2CC2)n(C(C)(C)C)n1)C(C)C. The monoisotopic (exact) mass is 334 g/mol. The maximum Gasteiger partial charge on any atom is 0.271 e. The lowest BCUT2D eigenvalue weighted by Crippen LogP contribution is -2.42. The summed E-state index contributed by atoms with van der Waals surface area (Å²) in [6.45, 7) is 16.7. The van der Waals surface area contributed by atoms with Crippen LogP contribution in [0.4, 0.5) is 0 Å². The quantitative estimate of drug-likeness (QED) is 0.832. The van der Waals surface area contributed by atoms with Gasteiger partial charge in [0.2, 0.25) is 0 Å². The Hall–Kier alpha value is -1.36. The molecule has 1 heterocycles. The summed E-state index contributed by atoms with van der Waals surface area (Å²) >= 11 is 0. The number of hydrogen-bond donors (Lipinski definition) is 1. The molecule has 2 rings (SSSR count). The van der Waals surface area contributed by atoms with Crippen molar-refractivity contribution in [1.82, 2.24) is 20.0 Å². The van der Waals surface area contributed by atoms with Crippen LogP contribution in [0.25, 0.3) is 0 Å². The maximum atomic E-state index is 12.5. The fourth-order valence-corrected chi connectivity index (χ4v) is 3.22. The lowest BCUT2D eigenvalue weighted by atomic mass is 10.1. The molecule has 0 atom stereocenters. The molecule has 0 radical (unpaired) electrons. The van der Waals surface area contributed by atoms with E-state index in [4.69, 9.17) is 0 Å². The van der Waals surface area contributed by atoms with Gasteiger partial charge in [0.25, 0.3) is 5.91 Å². The van der Waals surface area contributed by atoms with Crippen molar-refractivity contribution in [2.45, 2.75) is 84.8 Å². The van der Waals surface area contributed by atoms with Crippen LogP contribution in [0.15, 0.2) is 6.07 Å². The van der Waals surface area contributed by atoms with E-state index in [2.05, 4.69) is 63.8 Å². The van der Waals surface area contributed by atoms with Gasteiger partial charge in [-0.25, -0.2) is 0 Å². The Labute approximate surface area is 146 Å². The predicted octanol–water partition coefficient (Wildman–Crippen LogP) is 3.36. The Morgan fingerprint density at radius 1 is 1.29 bits per heavy atom. The standard InChI is InChI=1S/C19H34N4O/c1-13(2)22(14(3)4)11-10-20-18(24)16-12-17(15-8-9-15)23(21-16)19(5,6)7/h12-15H,8-11H2,1-7H3,(H,20,24). The highest BCUT2D eigenvalue weighted by molar-refractivity contribution is 5.92. The number of carbonyl (C=O) groups is 1. The van der Waals surface area contributed by atoms with Gasteiger partial charge in [0.1, 0.15) is 5.69 Å². The van der Waals surface area contributed by atoms with Gasteiger partial charge in [-0.05, 0) is 67.4 Å². The first-order valence-electron chi connectivity index (χ1n) is 9.25. The molecule has 0 aliphatic heterocycles. The Balaban J connectivity index is 2.00. The van der Waals surface area contributed by atoms with Crippen LogP contribution in [-0.4, -0.2) is 45.8 Å². The fraction of sp³-hybridized carbons (Fsp3) is 0.789. The smallest absolute Gasteiger partial charge is 0.271 e. The number of hydrogen-bond acceptors (Lipinski definition) is 3. The molecule has 1 fully saturated rings. The normalized spacial score (nSPS) is 15.6. The molecule has 1 aromatic heterocycles. The second-order valence-electron chi connectivity index (χ2n) is 8.49. The van der Waals surface area contributed by atoms with Gasteiger partial charge < -0.3 is 5.32 Å². The molecule has 5 heteroatoms. The molecular weight excluding hydrogens is 300 g/mol. The lowest BCUT2D eigenvalue weighted by Gasteiger charge is -2.30. The van der Waals surface area contributed by atoms with Gasteiger partial charge in [-0.3, -0.25) is 14.4 Å². The van der Waals surface area contributed by atoms with Crippen molar-refractivity contribution in [3.63, 3.8) is 0 Å². The van der Waals surface area contributed by atoms with Crippen molar-refractivity contribution in [1.29, 1.82) is 0 Å². The molecule has 1 saturated carbocycles. The van der Waals surface area contributed by atoms with E-state index >= 15 is 0 Å². The van der Waals surface area contributed by atoms with Crippen molar-refractivity contribution >= 4 is 5.91 Å². The topological polar surface area (TPSA) is 50.2 Å². The fourth-order valence-electron chi connectivity index (χ4n) is 3.22. The first kappa shape index (κ1) is 19.0. The van der Waals surface area contributed by atoms with Crippen LogP contribution in [0, 0.1) is 0 Å². The lowest BCUT2D eigenvalue weighted by molar-refractivity contribution is 0.0933. The Bertz CT molecular complexity index is 556. The Morgan fingerprint density at radius 3 is 2.33 bits per heavy atom. The molecule has 24 heavy (non-hydrogen) atoms. The summed E-state index contributed by atoms with van der Waals surface area (Å²) < 4.78 is 2.04. The molecule has 0 bridgehead atoms. The second kappa shape index (κ2) is 7.26. The van der Waals surface area contributed by atoms with Gasteiger partial charge in [-0.2, -0.15) is 5.10 Å². The zero-order valence-electron chi connectivity index (χ0n) is 16.4. The van der Waals surface area contributed by atoms with E-state index in [-0.39, 0.29) is 11.4 Å². The van der Waals surface area contributed by atoms with Gasteiger partial charge in [0, 0.05) is 36.8 Å². The third kappa shape index (κ3) is 4.59. The van der Waals surface area contributed by atoms with Crippen molar-refractivity contribution in [2.24, 2.45) is 0 Å². The van der Waals surface area contributed by atoms with Gasteiger partial charge in [-0.1, -0.05) is 0 Å². The Morgan fingerprint density at radius 2 is 1.88 bits per heavy atom. The van der Waals surface area contributed by atoms with Crippen LogP contribution in [0.2, 0.25) is 0 Å². The van der Waals surface area contributed by atoms with Gasteiger partial charge in [0.05, 0.1) is 5.54 Å². The van der Waals surface area contributed by atoms with Gasteiger partial charge in [0.15, 0.2) is 0 Å². The van der Waals surface area contributed by atoms with Crippen LogP contribution in [0.1, 0.15) is 83.4 Å². The zero-order chi connectivity index (χ0) is 18.1. The van der Waals surface area contributed by atoms with Crippen LogP contribution in [-0.2, 0) is 5.54 Å². The zero-order valence-corrected chi connectivity index (χ0v) is 16.4. The van der Waals surface area contributed by atoms with E-state index in [1.54, 1.807) is 0 Å². The summed E-state index contributed by atoms with van der Waals surface area (Å²) in [5, 5.41) is 7.64. The molecule has 0 spiro atoms. The number of rotatable bonds is 7. The summed E-state index contributed by atoms with van der Waals surface area (Å²) in [6, 6.07) is 2.94. The van der Waals surface area contributed by atoms with Gasteiger partial charge in [-0.15, -0.1) is 0 Å².